The van der Waals surface area contributed by atoms with Crippen LogP contribution >= 0.6 is 0 Å². The topological polar surface area (TPSA) is 38.0 Å². The Hall–Kier alpha value is -0.0800. The number of nitrogens with one attached hydrogen (secondary N) is 1. The summed E-state index contributed by atoms with van der Waals surface area (Å²) in [5, 5.41) is 3.54. The van der Waals surface area contributed by atoms with E-state index in [-0.39, 0.29) is 0 Å². The van der Waals surface area contributed by atoms with Crippen LogP contribution in [0, 0.1) is 11.8 Å². The molecular weight excluding hydrogens is 184 g/mol. The van der Waals surface area contributed by atoms with Gasteiger partial charge in [0.1, 0.15) is 0 Å². The van der Waals surface area contributed by atoms with Crippen LogP contribution < -0.4 is 11.1 Å². The van der Waals surface area contributed by atoms with Crippen LogP contribution in [0.4, 0.5) is 0 Å². The highest BCUT2D eigenvalue weighted by atomic mass is 14.9. The van der Waals surface area contributed by atoms with E-state index in [1.54, 1.807) is 0 Å². The first kappa shape index (κ1) is 14.9. The Morgan fingerprint density at radius 3 is 2.13 bits per heavy atom. The van der Waals surface area contributed by atoms with Gasteiger partial charge in [-0.15, -0.1) is 0 Å². The van der Waals surface area contributed by atoms with E-state index in [1.807, 2.05) is 0 Å². The molecule has 0 rings (SSSR count). The molecule has 2 nitrogen and oxygen atoms in total. The molecule has 3 atom stereocenters. The van der Waals surface area contributed by atoms with Crippen molar-refractivity contribution in [3.63, 3.8) is 0 Å². The molecular formula is C13H30N2. The van der Waals surface area contributed by atoms with Gasteiger partial charge in [-0.1, -0.05) is 33.6 Å². The fourth-order valence-electron chi connectivity index (χ4n) is 1.61. The van der Waals surface area contributed by atoms with Gasteiger partial charge < -0.3 is 11.1 Å². The van der Waals surface area contributed by atoms with Crippen molar-refractivity contribution in [2.75, 3.05) is 13.1 Å². The Labute approximate surface area is 96.0 Å². The molecule has 0 aliphatic carbocycles. The fraction of sp³-hybridized carbons (Fsp3) is 1.00. The SMILES string of the molecule is CCC(C)CNCC(C)CCCC(C)N. The number of rotatable bonds is 9. The summed E-state index contributed by atoms with van der Waals surface area (Å²) in [5.74, 6) is 1.59. The summed E-state index contributed by atoms with van der Waals surface area (Å²) in [6, 6.07) is 0.366. The highest BCUT2D eigenvalue weighted by molar-refractivity contribution is 4.62. The van der Waals surface area contributed by atoms with Crippen LogP contribution in [0.25, 0.3) is 0 Å². The average Bonchev–Trinajstić information content (AvgIpc) is 2.17. The lowest BCUT2D eigenvalue weighted by Gasteiger charge is -2.15. The molecule has 0 spiro atoms. The molecule has 0 heterocycles. The minimum Gasteiger partial charge on any atom is -0.328 e. The molecule has 0 saturated heterocycles. The van der Waals surface area contributed by atoms with Gasteiger partial charge in [0.15, 0.2) is 0 Å². The first-order valence-corrected chi connectivity index (χ1v) is 6.52. The summed E-state index contributed by atoms with van der Waals surface area (Å²) in [6.45, 7) is 11.3. The van der Waals surface area contributed by atoms with Crippen molar-refractivity contribution in [3.8, 4) is 0 Å². The van der Waals surface area contributed by atoms with Crippen molar-refractivity contribution in [2.45, 2.75) is 59.4 Å². The predicted octanol–water partition coefficient (Wildman–Crippen LogP) is 2.78. The van der Waals surface area contributed by atoms with Crippen LogP contribution in [0.3, 0.4) is 0 Å². The van der Waals surface area contributed by atoms with Crippen molar-refractivity contribution in [2.24, 2.45) is 17.6 Å². The van der Waals surface area contributed by atoms with E-state index in [0.717, 1.165) is 31.3 Å². The second-order valence-electron chi connectivity index (χ2n) is 5.19. The molecule has 0 aliphatic rings. The summed E-state index contributed by atoms with van der Waals surface area (Å²) >= 11 is 0. The zero-order valence-electron chi connectivity index (χ0n) is 11.1. The van der Waals surface area contributed by atoms with Crippen LogP contribution in [0.15, 0.2) is 0 Å². The lowest BCUT2D eigenvalue weighted by Crippen LogP contribution is -2.26. The molecule has 0 amide bonds. The normalized spacial score (nSPS) is 17.4. The highest BCUT2D eigenvalue weighted by Crippen LogP contribution is 2.08. The summed E-state index contributed by atoms with van der Waals surface area (Å²) < 4.78 is 0. The molecule has 3 unspecified atom stereocenters. The molecule has 0 aliphatic heterocycles. The zero-order chi connectivity index (χ0) is 11.7. The minimum absolute atomic E-state index is 0.366. The molecule has 0 aromatic heterocycles. The van der Waals surface area contributed by atoms with Gasteiger partial charge in [-0.2, -0.15) is 0 Å². The third kappa shape index (κ3) is 10.2. The maximum absolute atomic E-state index is 5.72. The van der Waals surface area contributed by atoms with Crippen LogP contribution in [-0.4, -0.2) is 19.1 Å². The highest BCUT2D eigenvalue weighted by Gasteiger charge is 2.04. The van der Waals surface area contributed by atoms with E-state index in [9.17, 15) is 0 Å². The van der Waals surface area contributed by atoms with Crippen molar-refractivity contribution in [1.82, 2.24) is 5.32 Å². The van der Waals surface area contributed by atoms with Crippen LogP contribution in [0.1, 0.15) is 53.4 Å². The zero-order valence-corrected chi connectivity index (χ0v) is 11.1. The maximum atomic E-state index is 5.72. The van der Waals surface area contributed by atoms with Crippen LogP contribution in [-0.2, 0) is 0 Å². The minimum atomic E-state index is 0.366. The van der Waals surface area contributed by atoms with E-state index in [0.29, 0.717) is 6.04 Å². The molecule has 0 saturated carbocycles. The van der Waals surface area contributed by atoms with E-state index in [1.165, 1.54) is 19.3 Å². The molecule has 0 radical (unpaired) electrons. The second kappa shape index (κ2) is 9.17. The van der Waals surface area contributed by atoms with Gasteiger partial charge in [-0.25, -0.2) is 0 Å². The first-order chi connectivity index (χ1) is 7.06. The Bertz CT molecular complexity index is 134. The van der Waals surface area contributed by atoms with Gasteiger partial charge in [-0.05, 0) is 44.7 Å². The Balaban J connectivity index is 3.29. The quantitative estimate of drug-likeness (QED) is 0.619. The Kier molecular flexibility index (Phi) is 9.12. The summed E-state index contributed by atoms with van der Waals surface area (Å²) in [5.41, 5.74) is 5.72. The first-order valence-electron chi connectivity index (χ1n) is 6.52. The summed E-state index contributed by atoms with van der Waals surface area (Å²) in [7, 11) is 0. The van der Waals surface area contributed by atoms with Crippen molar-refractivity contribution >= 4 is 0 Å². The molecule has 3 N–H and O–H groups in total. The van der Waals surface area contributed by atoms with E-state index in [2.05, 4.69) is 33.0 Å². The second-order valence-corrected chi connectivity index (χ2v) is 5.19. The Morgan fingerprint density at radius 2 is 1.60 bits per heavy atom. The van der Waals surface area contributed by atoms with Gasteiger partial charge in [0, 0.05) is 6.04 Å². The number of hydrogen-bond donors (Lipinski definition) is 2. The number of hydrogen-bond acceptors (Lipinski definition) is 2. The van der Waals surface area contributed by atoms with E-state index in [4.69, 9.17) is 5.73 Å². The molecule has 0 aromatic rings. The monoisotopic (exact) mass is 214 g/mol. The summed E-state index contributed by atoms with van der Waals surface area (Å²) in [4.78, 5) is 0. The molecule has 15 heavy (non-hydrogen) atoms. The van der Waals surface area contributed by atoms with Gasteiger partial charge in [0.2, 0.25) is 0 Å². The van der Waals surface area contributed by atoms with E-state index < -0.39 is 0 Å². The molecule has 0 bridgehead atoms. The lowest BCUT2D eigenvalue weighted by molar-refractivity contribution is 0.419. The fourth-order valence-corrected chi connectivity index (χ4v) is 1.61. The standard InChI is InChI=1S/C13H30N2/c1-5-11(2)9-15-10-12(3)7-6-8-13(4)14/h11-13,15H,5-10,14H2,1-4H3. The molecule has 2 heteroatoms. The van der Waals surface area contributed by atoms with E-state index >= 15 is 0 Å². The van der Waals surface area contributed by atoms with Gasteiger partial charge in [-0.3, -0.25) is 0 Å². The van der Waals surface area contributed by atoms with Gasteiger partial charge >= 0.3 is 0 Å². The van der Waals surface area contributed by atoms with Gasteiger partial charge in [0.25, 0.3) is 0 Å². The van der Waals surface area contributed by atoms with Crippen molar-refractivity contribution < 1.29 is 0 Å². The van der Waals surface area contributed by atoms with Crippen molar-refractivity contribution in [3.05, 3.63) is 0 Å². The third-order valence-electron chi connectivity index (χ3n) is 3.04. The third-order valence-corrected chi connectivity index (χ3v) is 3.04. The van der Waals surface area contributed by atoms with Crippen molar-refractivity contribution in [1.29, 1.82) is 0 Å². The lowest BCUT2D eigenvalue weighted by atomic mass is 10.0. The largest absolute Gasteiger partial charge is 0.328 e. The van der Waals surface area contributed by atoms with Crippen LogP contribution in [0.5, 0.6) is 0 Å². The predicted molar refractivity (Wildman–Crippen MR) is 69.0 cm³/mol. The van der Waals surface area contributed by atoms with Gasteiger partial charge in [0.05, 0.1) is 0 Å². The summed E-state index contributed by atoms with van der Waals surface area (Å²) in [6.07, 6.45) is 5.00. The smallest absolute Gasteiger partial charge is 0.00104 e. The molecule has 92 valence electrons. The molecule has 0 aromatic carbocycles. The van der Waals surface area contributed by atoms with Crippen LogP contribution in [0.2, 0.25) is 0 Å². The molecule has 0 fully saturated rings. The average molecular weight is 214 g/mol. The number of nitrogens with two attached hydrogens (primary N) is 1. The Morgan fingerprint density at radius 1 is 1.00 bits per heavy atom. The maximum Gasteiger partial charge on any atom is 0.00104 e.